The molecule has 0 amide bonds. The molecule has 2 aromatic heterocycles. The Kier molecular flexibility index (Phi) is 2.61. The summed E-state index contributed by atoms with van der Waals surface area (Å²) < 4.78 is 2.77. The minimum Gasteiger partial charge on any atom is -0.389 e. The van der Waals surface area contributed by atoms with Crippen LogP contribution in [0.2, 0.25) is 5.15 Å². The molecular weight excluding hydrogens is 352 g/mol. The molecule has 2 aromatic rings. The van der Waals surface area contributed by atoms with Gasteiger partial charge in [-0.25, -0.2) is 9.97 Å². The van der Waals surface area contributed by atoms with Crippen LogP contribution in [-0.4, -0.2) is 25.1 Å². The van der Waals surface area contributed by atoms with Gasteiger partial charge in [-0.3, -0.25) is 4.40 Å². The fourth-order valence-corrected chi connectivity index (χ4v) is 3.50. The van der Waals surface area contributed by atoms with Crippen molar-refractivity contribution < 1.29 is 5.11 Å². The highest BCUT2D eigenvalue weighted by atomic mass is 127. The van der Waals surface area contributed by atoms with Crippen LogP contribution in [0.15, 0.2) is 12.4 Å². The zero-order valence-electron chi connectivity index (χ0n) is 9.19. The first-order valence-corrected chi connectivity index (χ1v) is 6.87. The summed E-state index contributed by atoms with van der Waals surface area (Å²) in [6, 6.07) is 0. The Morgan fingerprint density at radius 2 is 2.41 bits per heavy atom. The lowest BCUT2D eigenvalue weighted by atomic mass is 9.70. The molecule has 1 aliphatic rings. The van der Waals surface area contributed by atoms with Gasteiger partial charge >= 0.3 is 0 Å². The Morgan fingerprint density at radius 1 is 1.65 bits per heavy atom. The summed E-state index contributed by atoms with van der Waals surface area (Å²) in [5.41, 5.74) is 0.174. The smallest absolute Gasteiger partial charge is 0.155 e. The highest BCUT2D eigenvalue weighted by molar-refractivity contribution is 14.1. The Hall–Kier alpha value is -0.400. The molecule has 1 fully saturated rings. The SMILES string of the molecule is CC1(O)CCC1c1nc(I)c2c(Cl)nccn12. The van der Waals surface area contributed by atoms with Gasteiger partial charge in [-0.15, -0.1) is 0 Å². The Balaban J connectivity index is 2.22. The van der Waals surface area contributed by atoms with Crippen molar-refractivity contribution in [2.45, 2.75) is 31.3 Å². The fourth-order valence-electron chi connectivity index (χ4n) is 2.34. The van der Waals surface area contributed by atoms with Gasteiger partial charge in [-0.05, 0) is 42.4 Å². The van der Waals surface area contributed by atoms with E-state index in [1.165, 1.54) is 0 Å². The van der Waals surface area contributed by atoms with Gasteiger partial charge in [0, 0.05) is 18.3 Å². The molecule has 1 aliphatic carbocycles. The van der Waals surface area contributed by atoms with Gasteiger partial charge in [0.15, 0.2) is 5.15 Å². The van der Waals surface area contributed by atoms with E-state index in [0.29, 0.717) is 5.15 Å². The van der Waals surface area contributed by atoms with Crippen LogP contribution in [0.25, 0.3) is 5.52 Å². The highest BCUT2D eigenvalue weighted by Crippen LogP contribution is 2.45. The van der Waals surface area contributed by atoms with Crippen LogP contribution in [-0.2, 0) is 0 Å². The minimum absolute atomic E-state index is 0.0805. The summed E-state index contributed by atoms with van der Waals surface area (Å²) in [5.74, 6) is 0.960. The van der Waals surface area contributed by atoms with Gasteiger partial charge < -0.3 is 5.11 Å². The zero-order chi connectivity index (χ0) is 12.2. The van der Waals surface area contributed by atoms with Crippen LogP contribution in [0.5, 0.6) is 0 Å². The Morgan fingerprint density at radius 3 is 3.00 bits per heavy atom. The van der Waals surface area contributed by atoms with Crippen LogP contribution < -0.4 is 0 Å². The molecule has 0 spiro atoms. The standard InChI is InChI=1S/C11H11ClIN3O/c1-11(17)3-2-6(11)10-15-9(13)7-8(12)14-4-5-16(7)10/h4-6,17H,2-3H2,1H3. The van der Waals surface area contributed by atoms with Gasteiger partial charge in [-0.2, -0.15) is 0 Å². The first kappa shape index (κ1) is 11.7. The highest BCUT2D eigenvalue weighted by Gasteiger charge is 2.44. The van der Waals surface area contributed by atoms with E-state index in [-0.39, 0.29) is 5.92 Å². The maximum atomic E-state index is 10.2. The number of imidazole rings is 1. The Bertz CT molecular complexity index is 596. The second kappa shape index (κ2) is 3.80. The van der Waals surface area contributed by atoms with E-state index in [0.717, 1.165) is 27.9 Å². The molecular formula is C11H11ClIN3O. The number of fused-ring (bicyclic) bond motifs is 1. The van der Waals surface area contributed by atoms with Crippen molar-refractivity contribution in [1.29, 1.82) is 0 Å². The molecule has 0 aliphatic heterocycles. The molecule has 17 heavy (non-hydrogen) atoms. The molecule has 2 atom stereocenters. The molecule has 90 valence electrons. The number of nitrogens with zero attached hydrogens (tertiary/aromatic N) is 3. The van der Waals surface area contributed by atoms with E-state index in [1.54, 1.807) is 6.20 Å². The average molecular weight is 364 g/mol. The van der Waals surface area contributed by atoms with Crippen molar-refractivity contribution in [3.63, 3.8) is 0 Å². The van der Waals surface area contributed by atoms with E-state index in [9.17, 15) is 5.11 Å². The molecule has 0 radical (unpaired) electrons. The number of rotatable bonds is 1. The van der Waals surface area contributed by atoms with Crippen LogP contribution in [0.1, 0.15) is 31.5 Å². The van der Waals surface area contributed by atoms with Crippen molar-refractivity contribution in [2.75, 3.05) is 0 Å². The largest absolute Gasteiger partial charge is 0.389 e. The zero-order valence-corrected chi connectivity index (χ0v) is 12.1. The first-order valence-electron chi connectivity index (χ1n) is 5.41. The number of hydrogen-bond acceptors (Lipinski definition) is 3. The van der Waals surface area contributed by atoms with Crippen molar-refractivity contribution in [3.8, 4) is 0 Å². The van der Waals surface area contributed by atoms with Crippen molar-refractivity contribution in [1.82, 2.24) is 14.4 Å². The van der Waals surface area contributed by atoms with Crippen LogP contribution in [0.4, 0.5) is 0 Å². The van der Waals surface area contributed by atoms with Crippen molar-refractivity contribution in [3.05, 3.63) is 27.1 Å². The summed E-state index contributed by atoms with van der Waals surface area (Å²) in [6.45, 7) is 1.86. The molecule has 0 aromatic carbocycles. The van der Waals surface area contributed by atoms with E-state index in [1.807, 2.05) is 17.5 Å². The Labute approximate surface area is 117 Å². The molecule has 4 nitrogen and oxygen atoms in total. The van der Waals surface area contributed by atoms with E-state index in [4.69, 9.17) is 11.6 Å². The summed E-state index contributed by atoms with van der Waals surface area (Å²) in [7, 11) is 0. The minimum atomic E-state index is -0.653. The number of halogens is 2. The summed E-state index contributed by atoms with van der Waals surface area (Å²) in [6.07, 6.45) is 5.29. The van der Waals surface area contributed by atoms with Crippen molar-refractivity contribution in [2.24, 2.45) is 0 Å². The van der Waals surface area contributed by atoms with E-state index < -0.39 is 5.60 Å². The molecule has 0 saturated heterocycles. The van der Waals surface area contributed by atoms with Gasteiger partial charge in [0.1, 0.15) is 15.0 Å². The lowest BCUT2D eigenvalue weighted by Crippen LogP contribution is -2.43. The second-order valence-electron chi connectivity index (χ2n) is 4.65. The fraction of sp³-hybridized carbons (Fsp3) is 0.455. The average Bonchev–Trinajstić information content (AvgIpc) is 2.56. The molecule has 1 N–H and O–H groups in total. The molecule has 6 heteroatoms. The molecule has 0 bridgehead atoms. The third kappa shape index (κ3) is 1.67. The van der Waals surface area contributed by atoms with E-state index >= 15 is 0 Å². The van der Waals surface area contributed by atoms with Crippen LogP contribution >= 0.6 is 34.2 Å². The molecule has 3 rings (SSSR count). The van der Waals surface area contributed by atoms with Gasteiger partial charge in [-0.1, -0.05) is 11.6 Å². The predicted molar refractivity (Wildman–Crippen MR) is 73.3 cm³/mol. The lowest BCUT2D eigenvalue weighted by Gasteiger charge is -2.41. The van der Waals surface area contributed by atoms with Gasteiger partial charge in [0.05, 0.1) is 5.60 Å². The summed E-state index contributed by atoms with van der Waals surface area (Å²) in [4.78, 5) is 8.59. The van der Waals surface area contributed by atoms with Gasteiger partial charge in [0.2, 0.25) is 0 Å². The maximum absolute atomic E-state index is 10.2. The number of aromatic nitrogens is 3. The maximum Gasteiger partial charge on any atom is 0.155 e. The molecule has 2 heterocycles. The molecule has 2 unspecified atom stereocenters. The predicted octanol–water partition coefficient (Wildman–Crippen LogP) is 2.62. The van der Waals surface area contributed by atoms with E-state index in [2.05, 4.69) is 32.6 Å². The summed E-state index contributed by atoms with van der Waals surface area (Å²) in [5, 5.41) is 10.6. The topological polar surface area (TPSA) is 50.4 Å². The quantitative estimate of drug-likeness (QED) is 0.793. The molecule has 1 saturated carbocycles. The van der Waals surface area contributed by atoms with Gasteiger partial charge in [0.25, 0.3) is 0 Å². The van der Waals surface area contributed by atoms with Crippen LogP contribution in [0, 0.1) is 3.70 Å². The monoisotopic (exact) mass is 363 g/mol. The van der Waals surface area contributed by atoms with Crippen molar-refractivity contribution >= 4 is 39.7 Å². The third-order valence-electron chi connectivity index (χ3n) is 3.50. The number of aliphatic hydroxyl groups is 1. The normalized spacial score (nSPS) is 28.4. The first-order chi connectivity index (χ1) is 8.00. The second-order valence-corrected chi connectivity index (χ2v) is 6.03. The van der Waals surface area contributed by atoms with Crippen LogP contribution in [0.3, 0.4) is 0 Å². The summed E-state index contributed by atoms with van der Waals surface area (Å²) >= 11 is 8.23. The number of hydrogen-bond donors (Lipinski definition) is 1. The lowest BCUT2D eigenvalue weighted by molar-refractivity contribution is -0.0438. The third-order valence-corrected chi connectivity index (χ3v) is 4.53.